The maximum atomic E-state index is 11.7. The molecule has 0 aromatic rings. The molecule has 0 spiro atoms. The number of amides is 1. The van der Waals surface area contributed by atoms with Crippen molar-refractivity contribution < 1.29 is 28.7 Å². The fraction of sp³-hybridized carbons (Fsp3) is 0.778. The van der Waals surface area contributed by atoms with Crippen LogP contribution in [0, 0.1) is 0 Å². The van der Waals surface area contributed by atoms with Gasteiger partial charge in [0.1, 0.15) is 5.54 Å². The molecule has 9 heteroatoms. The molecule has 1 aliphatic rings. The summed E-state index contributed by atoms with van der Waals surface area (Å²) in [4.78, 5) is 22.2. The molecule has 8 nitrogen and oxygen atoms in total. The van der Waals surface area contributed by atoms with Crippen molar-refractivity contribution in [3.8, 4) is 0 Å². The second-order valence-electron chi connectivity index (χ2n) is 4.14. The van der Waals surface area contributed by atoms with Crippen molar-refractivity contribution in [3.63, 3.8) is 0 Å². The fourth-order valence-corrected chi connectivity index (χ4v) is 3.07. The highest BCUT2D eigenvalue weighted by molar-refractivity contribution is 7.76. The summed E-state index contributed by atoms with van der Waals surface area (Å²) < 4.78 is 23.2. The van der Waals surface area contributed by atoms with Gasteiger partial charge in [0, 0.05) is 17.8 Å². The van der Waals surface area contributed by atoms with Crippen LogP contribution in [0.4, 0.5) is 0 Å². The van der Waals surface area contributed by atoms with Gasteiger partial charge in [0.25, 0.3) is 5.91 Å². The number of hydrogen-bond acceptors (Lipinski definition) is 5. The van der Waals surface area contributed by atoms with E-state index in [1.807, 2.05) is 0 Å². The SMILES string of the molecule is O=C(O)CCN(S(=O)[O-])C1(C(=O)NO)CCCC1. The van der Waals surface area contributed by atoms with Crippen LogP contribution < -0.4 is 5.48 Å². The van der Waals surface area contributed by atoms with Crippen LogP contribution in [-0.2, 0) is 20.9 Å². The van der Waals surface area contributed by atoms with E-state index in [2.05, 4.69) is 0 Å². The van der Waals surface area contributed by atoms with Gasteiger partial charge in [-0.1, -0.05) is 12.8 Å². The second kappa shape index (κ2) is 6.23. The highest BCUT2D eigenvalue weighted by Gasteiger charge is 2.47. The van der Waals surface area contributed by atoms with Crippen LogP contribution in [0.25, 0.3) is 0 Å². The Bertz CT molecular complexity index is 355. The number of hydrogen-bond donors (Lipinski definition) is 3. The lowest BCUT2D eigenvalue weighted by molar-refractivity contribution is -0.141. The number of nitrogens with zero attached hydrogens (tertiary/aromatic N) is 1. The minimum atomic E-state index is -2.72. The summed E-state index contributed by atoms with van der Waals surface area (Å²) in [5.74, 6) is -1.96. The summed E-state index contributed by atoms with van der Waals surface area (Å²) in [5, 5.41) is 17.3. The van der Waals surface area contributed by atoms with Crippen molar-refractivity contribution in [1.29, 1.82) is 0 Å². The zero-order chi connectivity index (χ0) is 13.8. The van der Waals surface area contributed by atoms with Gasteiger partial charge in [-0.25, -0.2) is 9.79 Å². The Labute approximate surface area is 106 Å². The van der Waals surface area contributed by atoms with Crippen LogP contribution in [0.1, 0.15) is 32.1 Å². The highest BCUT2D eigenvalue weighted by atomic mass is 32.2. The summed E-state index contributed by atoms with van der Waals surface area (Å²) in [5.41, 5.74) is 0.105. The normalized spacial score (nSPS) is 19.7. The molecule has 1 unspecified atom stereocenters. The smallest absolute Gasteiger partial charge is 0.304 e. The predicted molar refractivity (Wildman–Crippen MR) is 59.0 cm³/mol. The van der Waals surface area contributed by atoms with Crippen molar-refractivity contribution >= 4 is 23.1 Å². The predicted octanol–water partition coefficient (Wildman–Crippen LogP) is -0.625. The van der Waals surface area contributed by atoms with E-state index in [1.54, 1.807) is 0 Å². The quantitative estimate of drug-likeness (QED) is 0.337. The summed E-state index contributed by atoms with van der Waals surface area (Å²) in [6.45, 7) is -0.293. The molecular weight excluding hydrogens is 264 g/mol. The van der Waals surface area contributed by atoms with E-state index >= 15 is 0 Å². The van der Waals surface area contributed by atoms with Gasteiger partial charge in [-0.2, -0.15) is 0 Å². The Morgan fingerprint density at radius 1 is 1.39 bits per heavy atom. The van der Waals surface area contributed by atoms with E-state index in [1.165, 1.54) is 5.48 Å². The number of aliphatic carboxylic acids is 1. The van der Waals surface area contributed by atoms with E-state index in [-0.39, 0.29) is 19.4 Å². The van der Waals surface area contributed by atoms with Gasteiger partial charge >= 0.3 is 5.97 Å². The molecule has 1 amide bonds. The van der Waals surface area contributed by atoms with E-state index < -0.39 is 35.1 Å². The van der Waals surface area contributed by atoms with Gasteiger partial charge in [0.2, 0.25) is 0 Å². The van der Waals surface area contributed by atoms with Crippen molar-refractivity contribution in [2.45, 2.75) is 37.6 Å². The third-order valence-electron chi connectivity index (χ3n) is 3.14. The van der Waals surface area contributed by atoms with Gasteiger partial charge in [0.15, 0.2) is 0 Å². The third-order valence-corrected chi connectivity index (χ3v) is 4.03. The molecule has 1 fully saturated rings. The summed E-state index contributed by atoms with van der Waals surface area (Å²) in [6.07, 6.45) is 1.44. The summed E-state index contributed by atoms with van der Waals surface area (Å²) >= 11 is -2.72. The lowest BCUT2D eigenvalue weighted by atomic mass is 9.96. The maximum absolute atomic E-state index is 11.7. The van der Waals surface area contributed by atoms with Gasteiger partial charge in [-0.3, -0.25) is 19.0 Å². The molecule has 1 atom stereocenters. The fourth-order valence-electron chi connectivity index (χ4n) is 2.28. The summed E-state index contributed by atoms with van der Waals surface area (Å²) in [7, 11) is 0. The van der Waals surface area contributed by atoms with Crippen LogP contribution >= 0.6 is 0 Å². The molecular formula is C9H15N2O6S-. The number of nitrogens with one attached hydrogen (secondary N) is 1. The van der Waals surface area contributed by atoms with Crippen LogP contribution in [0.2, 0.25) is 0 Å². The van der Waals surface area contributed by atoms with Crippen LogP contribution in [0.5, 0.6) is 0 Å². The van der Waals surface area contributed by atoms with E-state index in [4.69, 9.17) is 10.3 Å². The highest BCUT2D eigenvalue weighted by Crippen LogP contribution is 2.36. The number of hydroxylamine groups is 1. The van der Waals surface area contributed by atoms with Gasteiger partial charge < -0.3 is 9.66 Å². The number of carbonyl (C=O) groups excluding carboxylic acids is 1. The first-order valence-electron chi connectivity index (χ1n) is 5.47. The zero-order valence-corrected chi connectivity index (χ0v) is 10.4. The molecule has 104 valence electrons. The Morgan fingerprint density at radius 2 is 1.94 bits per heavy atom. The molecule has 0 aromatic carbocycles. The largest absolute Gasteiger partial charge is 0.760 e. The van der Waals surface area contributed by atoms with Crippen LogP contribution in [0.3, 0.4) is 0 Å². The lowest BCUT2D eigenvalue weighted by Crippen LogP contribution is -2.57. The number of carbonyl (C=O) groups is 2. The monoisotopic (exact) mass is 279 g/mol. The Kier molecular flexibility index (Phi) is 5.20. The Balaban J connectivity index is 2.95. The maximum Gasteiger partial charge on any atom is 0.304 e. The first kappa shape index (κ1) is 15.0. The van der Waals surface area contributed by atoms with E-state index in [0.717, 1.165) is 4.31 Å². The Hall–Kier alpha value is -1.03. The number of rotatable bonds is 6. The molecule has 0 radical (unpaired) electrons. The van der Waals surface area contributed by atoms with E-state index in [9.17, 15) is 18.4 Å². The van der Waals surface area contributed by atoms with Gasteiger partial charge in [-0.15, -0.1) is 0 Å². The molecule has 0 aromatic heterocycles. The molecule has 1 saturated carbocycles. The molecule has 1 rings (SSSR count). The lowest BCUT2D eigenvalue weighted by Gasteiger charge is -2.39. The standard InChI is InChI=1S/C9H16N2O6S/c12-7(13)3-6-11(18(16)17)9(8(14)10-15)4-1-2-5-9/h15H,1-6H2,(H,10,14)(H,12,13)(H,16,17)/p-1. The third kappa shape index (κ3) is 3.05. The molecule has 3 N–H and O–H groups in total. The minimum absolute atomic E-state index is 0.271. The Morgan fingerprint density at radius 3 is 2.33 bits per heavy atom. The molecule has 0 aliphatic heterocycles. The second-order valence-corrected chi connectivity index (χ2v) is 5.02. The van der Waals surface area contributed by atoms with Crippen LogP contribution in [-0.4, -0.2) is 47.3 Å². The van der Waals surface area contributed by atoms with Crippen molar-refractivity contribution in [3.05, 3.63) is 0 Å². The van der Waals surface area contributed by atoms with E-state index in [0.29, 0.717) is 12.8 Å². The molecule has 0 saturated heterocycles. The first-order valence-corrected chi connectivity index (χ1v) is 6.50. The van der Waals surface area contributed by atoms with Crippen LogP contribution in [0.15, 0.2) is 0 Å². The zero-order valence-electron chi connectivity index (χ0n) is 9.63. The molecule has 18 heavy (non-hydrogen) atoms. The average Bonchev–Trinajstić information content (AvgIpc) is 2.77. The van der Waals surface area contributed by atoms with Crippen molar-refractivity contribution in [2.75, 3.05) is 6.54 Å². The van der Waals surface area contributed by atoms with Gasteiger partial charge in [0.05, 0.1) is 6.42 Å². The first-order chi connectivity index (χ1) is 8.44. The molecule has 0 bridgehead atoms. The average molecular weight is 279 g/mol. The van der Waals surface area contributed by atoms with Gasteiger partial charge in [-0.05, 0) is 12.8 Å². The summed E-state index contributed by atoms with van der Waals surface area (Å²) in [6, 6.07) is 0. The minimum Gasteiger partial charge on any atom is -0.760 e. The topological polar surface area (TPSA) is 130 Å². The number of carboxylic acid groups (broad SMARTS) is 1. The van der Waals surface area contributed by atoms with Crippen molar-refractivity contribution in [1.82, 2.24) is 9.79 Å². The molecule has 0 heterocycles. The van der Waals surface area contributed by atoms with Crippen molar-refractivity contribution in [2.24, 2.45) is 0 Å². The molecule has 1 aliphatic carbocycles. The number of carboxylic acids is 1.